The molecule has 0 spiro atoms. The van der Waals surface area contributed by atoms with Gasteiger partial charge in [0.05, 0.1) is 12.3 Å². The van der Waals surface area contributed by atoms with Gasteiger partial charge in [-0.1, -0.05) is 42.5 Å². The van der Waals surface area contributed by atoms with Crippen LogP contribution in [-0.2, 0) is 0 Å². The van der Waals surface area contributed by atoms with Crippen molar-refractivity contribution in [1.82, 2.24) is 4.98 Å². The number of carbonyl (C=O) groups excluding carboxylic acids is 1. The molecule has 0 aliphatic rings. The summed E-state index contributed by atoms with van der Waals surface area (Å²) in [5.41, 5.74) is 4.44. The third-order valence-electron chi connectivity index (χ3n) is 4.39. The molecular weight excluding hydrogens is 394 g/mol. The van der Waals surface area contributed by atoms with E-state index in [1.54, 1.807) is 23.5 Å². The van der Waals surface area contributed by atoms with Crippen molar-refractivity contribution in [2.24, 2.45) is 0 Å². The van der Waals surface area contributed by atoms with Crippen molar-refractivity contribution in [1.29, 1.82) is 0 Å². The number of nitrogens with zero attached hydrogens (tertiary/aromatic N) is 1. The number of benzene rings is 3. The highest BCUT2D eigenvalue weighted by Gasteiger charge is 2.08. The smallest absolute Gasteiger partial charge is 0.323 e. The molecule has 2 N–H and O–H groups in total. The Morgan fingerprint density at radius 1 is 0.867 bits per heavy atom. The second kappa shape index (κ2) is 9.24. The lowest BCUT2D eigenvalue weighted by Gasteiger charge is -2.09. The molecule has 0 bridgehead atoms. The molecule has 6 heteroatoms. The largest absolute Gasteiger partial charge is 0.494 e. The molecule has 4 rings (SSSR count). The highest BCUT2D eigenvalue weighted by Crippen LogP contribution is 2.29. The molecule has 2 amide bonds. The Labute approximate surface area is 179 Å². The number of thiazole rings is 1. The molecule has 0 saturated heterocycles. The van der Waals surface area contributed by atoms with E-state index in [-0.39, 0.29) is 6.03 Å². The lowest BCUT2D eigenvalue weighted by molar-refractivity contribution is 0.262. The van der Waals surface area contributed by atoms with E-state index in [4.69, 9.17) is 9.72 Å². The molecule has 0 unspecified atom stereocenters. The van der Waals surface area contributed by atoms with Crippen molar-refractivity contribution in [3.8, 4) is 27.6 Å². The van der Waals surface area contributed by atoms with E-state index >= 15 is 0 Å². The summed E-state index contributed by atoms with van der Waals surface area (Å²) < 4.78 is 5.40. The molecule has 4 aromatic rings. The normalized spacial score (nSPS) is 10.4. The minimum atomic E-state index is -0.299. The molecule has 0 radical (unpaired) electrons. The van der Waals surface area contributed by atoms with Gasteiger partial charge in [-0.25, -0.2) is 9.78 Å². The van der Waals surface area contributed by atoms with Crippen LogP contribution in [-0.4, -0.2) is 17.6 Å². The average molecular weight is 416 g/mol. The number of nitrogens with one attached hydrogen (secondary N) is 2. The molecule has 1 aromatic heterocycles. The fraction of sp³-hybridized carbons (Fsp3) is 0.0833. The summed E-state index contributed by atoms with van der Waals surface area (Å²) in [4.78, 5) is 17.0. The van der Waals surface area contributed by atoms with Crippen LogP contribution in [0.1, 0.15) is 6.92 Å². The Hall–Kier alpha value is -3.64. The third kappa shape index (κ3) is 4.85. The van der Waals surface area contributed by atoms with E-state index in [0.29, 0.717) is 18.0 Å². The van der Waals surface area contributed by atoms with Gasteiger partial charge in [-0.15, -0.1) is 11.3 Å². The Balaban J connectivity index is 1.38. The van der Waals surface area contributed by atoms with Crippen LogP contribution in [0.5, 0.6) is 5.75 Å². The Bertz CT molecular complexity index is 1110. The summed E-state index contributed by atoms with van der Waals surface area (Å²) in [7, 11) is 0. The predicted octanol–water partition coefficient (Wildman–Crippen LogP) is 6.52. The van der Waals surface area contributed by atoms with Crippen LogP contribution >= 0.6 is 11.3 Å². The molecular formula is C24H21N3O2S. The number of urea groups is 1. The van der Waals surface area contributed by atoms with E-state index in [0.717, 1.165) is 27.6 Å². The third-order valence-corrected chi connectivity index (χ3v) is 5.28. The maximum Gasteiger partial charge on any atom is 0.323 e. The van der Waals surface area contributed by atoms with Gasteiger partial charge in [0.2, 0.25) is 0 Å². The summed E-state index contributed by atoms with van der Waals surface area (Å²) >= 11 is 1.62. The minimum Gasteiger partial charge on any atom is -0.494 e. The zero-order chi connectivity index (χ0) is 20.8. The van der Waals surface area contributed by atoms with Gasteiger partial charge in [0.15, 0.2) is 0 Å². The number of anilines is 2. The predicted molar refractivity (Wildman–Crippen MR) is 123 cm³/mol. The first-order valence-electron chi connectivity index (χ1n) is 9.63. The second-order valence-electron chi connectivity index (χ2n) is 6.52. The lowest BCUT2D eigenvalue weighted by Crippen LogP contribution is -2.19. The van der Waals surface area contributed by atoms with Gasteiger partial charge < -0.3 is 15.4 Å². The minimum absolute atomic E-state index is 0.299. The zero-order valence-corrected chi connectivity index (χ0v) is 17.3. The van der Waals surface area contributed by atoms with E-state index < -0.39 is 0 Å². The first-order chi connectivity index (χ1) is 14.7. The first-order valence-corrected chi connectivity index (χ1v) is 10.5. The van der Waals surface area contributed by atoms with Crippen LogP contribution in [0.15, 0.2) is 84.2 Å². The monoisotopic (exact) mass is 415 g/mol. The van der Waals surface area contributed by atoms with Crippen molar-refractivity contribution in [3.05, 3.63) is 84.2 Å². The summed E-state index contributed by atoms with van der Waals surface area (Å²) in [6.07, 6.45) is 0. The zero-order valence-electron chi connectivity index (χ0n) is 16.5. The number of hydrogen-bond acceptors (Lipinski definition) is 4. The second-order valence-corrected chi connectivity index (χ2v) is 7.38. The molecule has 0 aliphatic heterocycles. The van der Waals surface area contributed by atoms with E-state index in [1.165, 1.54) is 0 Å². The number of ether oxygens (including phenoxy) is 1. The molecule has 5 nitrogen and oxygen atoms in total. The van der Waals surface area contributed by atoms with Gasteiger partial charge in [-0.05, 0) is 43.3 Å². The van der Waals surface area contributed by atoms with Crippen molar-refractivity contribution in [2.75, 3.05) is 17.2 Å². The standard InChI is InChI=1S/C24H21N3O2S/c1-2-29-21-14-12-20(13-15-21)26-24(28)25-19-10-8-17(9-11-19)22-16-30-23(27-22)18-6-4-3-5-7-18/h3-16H,2H2,1H3,(H2,25,26,28). The van der Waals surface area contributed by atoms with Gasteiger partial charge in [-0.3, -0.25) is 0 Å². The number of hydrogen-bond donors (Lipinski definition) is 2. The Morgan fingerprint density at radius 3 is 2.13 bits per heavy atom. The fourth-order valence-corrected chi connectivity index (χ4v) is 3.77. The van der Waals surface area contributed by atoms with Crippen LogP contribution in [0.25, 0.3) is 21.8 Å². The van der Waals surface area contributed by atoms with Gasteiger partial charge >= 0.3 is 6.03 Å². The summed E-state index contributed by atoms with van der Waals surface area (Å²) in [5, 5.41) is 8.69. The van der Waals surface area contributed by atoms with Crippen LogP contribution in [0.3, 0.4) is 0 Å². The van der Waals surface area contributed by atoms with Crippen molar-refractivity contribution in [3.63, 3.8) is 0 Å². The number of aromatic nitrogens is 1. The van der Waals surface area contributed by atoms with Crippen molar-refractivity contribution >= 4 is 28.7 Å². The number of rotatable bonds is 6. The topological polar surface area (TPSA) is 63.2 Å². The van der Waals surface area contributed by atoms with E-state index in [2.05, 4.69) is 22.8 Å². The highest BCUT2D eigenvalue weighted by molar-refractivity contribution is 7.13. The van der Waals surface area contributed by atoms with Crippen LogP contribution in [0, 0.1) is 0 Å². The van der Waals surface area contributed by atoms with Gasteiger partial charge in [-0.2, -0.15) is 0 Å². The van der Waals surface area contributed by atoms with Gasteiger partial charge in [0, 0.05) is 27.9 Å². The molecule has 0 fully saturated rings. The van der Waals surface area contributed by atoms with Gasteiger partial charge in [0.25, 0.3) is 0 Å². The first kappa shape index (κ1) is 19.7. The van der Waals surface area contributed by atoms with E-state index in [1.807, 2.05) is 66.9 Å². The summed E-state index contributed by atoms with van der Waals surface area (Å²) in [6.45, 7) is 2.54. The number of carbonyl (C=O) groups is 1. The SMILES string of the molecule is CCOc1ccc(NC(=O)Nc2ccc(-c3csc(-c4ccccc4)n3)cc2)cc1. The van der Waals surface area contributed by atoms with Crippen LogP contribution < -0.4 is 15.4 Å². The molecule has 150 valence electrons. The van der Waals surface area contributed by atoms with Gasteiger partial charge in [0.1, 0.15) is 10.8 Å². The fourth-order valence-electron chi connectivity index (χ4n) is 2.94. The van der Waals surface area contributed by atoms with Crippen molar-refractivity contribution in [2.45, 2.75) is 6.92 Å². The molecule has 0 aliphatic carbocycles. The molecule has 1 heterocycles. The molecule has 0 atom stereocenters. The van der Waals surface area contributed by atoms with Crippen molar-refractivity contribution < 1.29 is 9.53 Å². The molecule has 0 saturated carbocycles. The average Bonchev–Trinajstić information content (AvgIpc) is 3.27. The summed E-state index contributed by atoms with van der Waals surface area (Å²) in [5.74, 6) is 0.775. The maximum atomic E-state index is 12.2. The quantitative estimate of drug-likeness (QED) is 0.377. The Morgan fingerprint density at radius 2 is 1.50 bits per heavy atom. The van der Waals surface area contributed by atoms with Crippen LogP contribution in [0.4, 0.5) is 16.2 Å². The molecule has 30 heavy (non-hydrogen) atoms. The van der Waals surface area contributed by atoms with Crippen LogP contribution in [0.2, 0.25) is 0 Å². The summed E-state index contributed by atoms with van der Waals surface area (Å²) in [6, 6.07) is 24.7. The van der Waals surface area contributed by atoms with E-state index in [9.17, 15) is 4.79 Å². The maximum absolute atomic E-state index is 12.2. The number of amides is 2. The molecule has 3 aromatic carbocycles. The highest BCUT2D eigenvalue weighted by atomic mass is 32.1. The Kier molecular flexibility index (Phi) is 6.06. The lowest BCUT2D eigenvalue weighted by atomic mass is 10.1.